The van der Waals surface area contributed by atoms with Crippen LogP contribution in [-0.4, -0.2) is 33.5 Å². The van der Waals surface area contributed by atoms with Gasteiger partial charge < -0.3 is 9.32 Å². The first-order chi connectivity index (χ1) is 8.33. The maximum Gasteiger partial charge on any atom is 0.268 e. The van der Waals surface area contributed by atoms with Gasteiger partial charge in [0.25, 0.3) is 5.89 Å². The summed E-state index contributed by atoms with van der Waals surface area (Å²) in [5, 5.41) is 16.0. The van der Waals surface area contributed by atoms with Crippen LogP contribution in [0.4, 0.5) is 5.82 Å². The number of hydrogen-bond donors (Lipinski definition) is 0. The smallest absolute Gasteiger partial charge is 0.268 e. The Balaban J connectivity index is 1.84. The summed E-state index contributed by atoms with van der Waals surface area (Å²) in [6.45, 7) is 3.88. The fourth-order valence-corrected chi connectivity index (χ4v) is 1.95. The van der Waals surface area contributed by atoms with Crippen molar-refractivity contribution in [3.63, 3.8) is 0 Å². The molecular formula is C11H13N5O. The topological polar surface area (TPSA) is 67.9 Å². The van der Waals surface area contributed by atoms with Crippen LogP contribution in [0.1, 0.15) is 18.7 Å². The molecule has 0 aromatic carbocycles. The van der Waals surface area contributed by atoms with Crippen LogP contribution >= 0.6 is 0 Å². The van der Waals surface area contributed by atoms with Crippen LogP contribution in [0.2, 0.25) is 0 Å². The Kier molecular flexibility index (Phi) is 2.47. The summed E-state index contributed by atoms with van der Waals surface area (Å²) in [4.78, 5) is 2.23. The number of aromatic nitrogens is 4. The monoisotopic (exact) mass is 231 g/mol. The Labute approximate surface area is 98.7 Å². The normalized spacial score (nSPS) is 15.5. The van der Waals surface area contributed by atoms with Crippen molar-refractivity contribution in [3.8, 4) is 11.6 Å². The molecule has 2 aromatic rings. The van der Waals surface area contributed by atoms with Crippen LogP contribution in [0.25, 0.3) is 11.6 Å². The summed E-state index contributed by atoms with van der Waals surface area (Å²) < 4.78 is 5.30. The third-order valence-corrected chi connectivity index (χ3v) is 2.83. The molecular weight excluding hydrogens is 218 g/mol. The van der Waals surface area contributed by atoms with Crippen molar-refractivity contribution in [1.82, 2.24) is 20.4 Å². The average Bonchev–Trinajstić information content (AvgIpc) is 3.00. The maximum atomic E-state index is 5.30. The summed E-state index contributed by atoms with van der Waals surface area (Å²) in [5.41, 5.74) is 0.619. The van der Waals surface area contributed by atoms with E-state index >= 15 is 0 Å². The van der Waals surface area contributed by atoms with Gasteiger partial charge in [0, 0.05) is 20.0 Å². The molecule has 88 valence electrons. The molecule has 3 heterocycles. The molecule has 3 rings (SSSR count). The minimum absolute atomic E-state index is 0.419. The highest BCUT2D eigenvalue weighted by Crippen LogP contribution is 2.19. The fourth-order valence-electron chi connectivity index (χ4n) is 1.95. The largest absolute Gasteiger partial charge is 0.420 e. The van der Waals surface area contributed by atoms with E-state index in [1.54, 1.807) is 6.92 Å². The second-order valence-corrected chi connectivity index (χ2v) is 4.10. The van der Waals surface area contributed by atoms with Crippen LogP contribution in [0.5, 0.6) is 0 Å². The van der Waals surface area contributed by atoms with Crippen LogP contribution in [0.15, 0.2) is 16.5 Å². The van der Waals surface area contributed by atoms with Gasteiger partial charge in [-0.3, -0.25) is 0 Å². The molecule has 17 heavy (non-hydrogen) atoms. The van der Waals surface area contributed by atoms with E-state index in [1.165, 1.54) is 12.8 Å². The predicted octanol–water partition coefficient (Wildman–Crippen LogP) is 1.44. The molecule has 0 radical (unpaired) electrons. The lowest BCUT2D eigenvalue weighted by Gasteiger charge is -2.14. The van der Waals surface area contributed by atoms with Gasteiger partial charge in [0.15, 0.2) is 5.82 Å². The molecule has 2 aromatic heterocycles. The number of rotatable bonds is 2. The van der Waals surface area contributed by atoms with Crippen molar-refractivity contribution in [2.45, 2.75) is 19.8 Å². The first-order valence-corrected chi connectivity index (χ1v) is 5.72. The minimum atomic E-state index is 0.419. The first kappa shape index (κ1) is 10.2. The molecule has 0 aliphatic carbocycles. The quantitative estimate of drug-likeness (QED) is 0.779. The zero-order valence-corrected chi connectivity index (χ0v) is 9.63. The third-order valence-electron chi connectivity index (χ3n) is 2.83. The van der Waals surface area contributed by atoms with Gasteiger partial charge in [-0.2, -0.15) is 0 Å². The lowest BCUT2D eigenvalue weighted by atomic mass is 10.4. The first-order valence-electron chi connectivity index (χ1n) is 5.72. The molecule has 0 bridgehead atoms. The van der Waals surface area contributed by atoms with Gasteiger partial charge in [0.05, 0.1) is 0 Å². The molecule has 0 N–H and O–H groups in total. The summed E-state index contributed by atoms with van der Waals surface area (Å²) in [5.74, 6) is 1.87. The lowest BCUT2D eigenvalue weighted by molar-refractivity contribution is 0.530. The van der Waals surface area contributed by atoms with Crippen molar-refractivity contribution >= 4 is 5.82 Å². The van der Waals surface area contributed by atoms with Crippen molar-refractivity contribution in [1.29, 1.82) is 0 Å². The molecule has 6 nitrogen and oxygen atoms in total. The predicted molar refractivity (Wildman–Crippen MR) is 61.5 cm³/mol. The molecule has 6 heteroatoms. The molecule has 0 atom stereocenters. The van der Waals surface area contributed by atoms with Gasteiger partial charge >= 0.3 is 0 Å². The van der Waals surface area contributed by atoms with Crippen molar-refractivity contribution in [2.75, 3.05) is 18.0 Å². The van der Waals surface area contributed by atoms with Crippen LogP contribution in [0.3, 0.4) is 0 Å². The Bertz CT molecular complexity index is 501. The van der Waals surface area contributed by atoms with E-state index in [-0.39, 0.29) is 0 Å². The SMILES string of the molecule is Cc1nnc(-c2ccc(N3CCCC3)nn2)o1. The van der Waals surface area contributed by atoms with Crippen molar-refractivity contribution in [3.05, 3.63) is 18.0 Å². The number of anilines is 1. The van der Waals surface area contributed by atoms with E-state index in [0.29, 0.717) is 17.5 Å². The molecule has 0 unspecified atom stereocenters. The molecule has 1 fully saturated rings. The number of aryl methyl sites for hydroxylation is 1. The Morgan fingerprint density at radius 1 is 1.06 bits per heavy atom. The van der Waals surface area contributed by atoms with Crippen LogP contribution in [0, 0.1) is 6.92 Å². The van der Waals surface area contributed by atoms with E-state index < -0.39 is 0 Å². The van der Waals surface area contributed by atoms with Gasteiger partial charge in [-0.15, -0.1) is 20.4 Å². The summed E-state index contributed by atoms with van der Waals surface area (Å²) in [6, 6.07) is 3.82. The number of hydrogen-bond acceptors (Lipinski definition) is 6. The van der Waals surface area contributed by atoms with E-state index in [2.05, 4.69) is 25.3 Å². The highest BCUT2D eigenvalue weighted by molar-refractivity contribution is 5.49. The Morgan fingerprint density at radius 2 is 1.88 bits per heavy atom. The van der Waals surface area contributed by atoms with Gasteiger partial charge in [-0.1, -0.05) is 0 Å². The van der Waals surface area contributed by atoms with E-state index in [4.69, 9.17) is 4.42 Å². The van der Waals surface area contributed by atoms with Gasteiger partial charge in [-0.05, 0) is 25.0 Å². The number of nitrogens with zero attached hydrogens (tertiary/aromatic N) is 5. The molecule has 0 saturated carbocycles. The standard InChI is InChI=1S/C11H13N5O/c1-8-12-15-11(17-8)9-4-5-10(14-13-9)16-6-2-3-7-16/h4-5H,2-3,6-7H2,1H3. The van der Waals surface area contributed by atoms with Crippen molar-refractivity contribution < 1.29 is 4.42 Å². The lowest BCUT2D eigenvalue weighted by Crippen LogP contribution is -2.19. The second kappa shape index (κ2) is 4.12. The molecule has 0 amide bonds. The average molecular weight is 231 g/mol. The maximum absolute atomic E-state index is 5.30. The summed E-state index contributed by atoms with van der Waals surface area (Å²) >= 11 is 0. The van der Waals surface area contributed by atoms with Crippen molar-refractivity contribution in [2.24, 2.45) is 0 Å². The molecule has 1 aliphatic rings. The summed E-state index contributed by atoms with van der Waals surface area (Å²) in [7, 11) is 0. The second-order valence-electron chi connectivity index (χ2n) is 4.10. The van der Waals surface area contributed by atoms with Gasteiger partial charge in [-0.25, -0.2) is 0 Å². The Morgan fingerprint density at radius 3 is 2.47 bits per heavy atom. The zero-order valence-electron chi connectivity index (χ0n) is 9.63. The van der Waals surface area contributed by atoms with Gasteiger partial charge in [0.1, 0.15) is 5.69 Å². The fraction of sp³-hybridized carbons (Fsp3) is 0.455. The Hall–Kier alpha value is -1.98. The van der Waals surface area contributed by atoms with Crippen LogP contribution in [-0.2, 0) is 0 Å². The molecule has 1 saturated heterocycles. The minimum Gasteiger partial charge on any atom is -0.420 e. The highest BCUT2D eigenvalue weighted by atomic mass is 16.4. The van der Waals surface area contributed by atoms with E-state index in [1.807, 2.05) is 12.1 Å². The van der Waals surface area contributed by atoms with Gasteiger partial charge in [0.2, 0.25) is 5.89 Å². The van der Waals surface area contributed by atoms with E-state index in [9.17, 15) is 0 Å². The highest BCUT2D eigenvalue weighted by Gasteiger charge is 2.15. The molecule has 1 aliphatic heterocycles. The van der Waals surface area contributed by atoms with E-state index in [0.717, 1.165) is 18.9 Å². The zero-order chi connectivity index (χ0) is 11.7. The third kappa shape index (κ3) is 1.98. The van der Waals surface area contributed by atoms with Crippen LogP contribution < -0.4 is 4.90 Å². The summed E-state index contributed by atoms with van der Waals surface area (Å²) in [6.07, 6.45) is 2.46. The molecule has 0 spiro atoms.